The summed E-state index contributed by atoms with van der Waals surface area (Å²) in [7, 11) is 0. The van der Waals surface area contributed by atoms with Crippen molar-refractivity contribution in [1.29, 1.82) is 0 Å². The van der Waals surface area contributed by atoms with Crippen molar-refractivity contribution in [2.45, 2.75) is 18.4 Å². The van der Waals surface area contributed by atoms with Gasteiger partial charge in [-0.1, -0.05) is 30.3 Å². The van der Waals surface area contributed by atoms with Crippen LogP contribution in [0.1, 0.15) is 12.0 Å². The Balaban J connectivity index is 2.55. The molecule has 0 unspecified atom stereocenters. The SMILES string of the molecule is O=C1CC(=O)OC(c2ccccc2)(C(F)(F)F)O1. The molecule has 0 N–H and O–H groups in total. The third-order valence-electron chi connectivity index (χ3n) is 2.33. The number of cyclic esters (lactones) is 2. The second kappa shape index (κ2) is 4.01. The Morgan fingerprint density at radius 3 is 1.94 bits per heavy atom. The zero-order valence-corrected chi connectivity index (χ0v) is 8.86. The zero-order valence-electron chi connectivity index (χ0n) is 8.86. The summed E-state index contributed by atoms with van der Waals surface area (Å²) >= 11 is 0. The summed E-state index contributed by atoms with van der Waals surface area (Å²) in [4.78, 5) is 22.2. The third kappa shape index (κ3) is 1.92. The van der Waals surface area contributed by atoms with E-state index in [4.69, 9.17) is 0 Å². The van der Waals surface area contributed by atoms with Crippen molar-refractivity contribution >= 4 is 11.9 Å². The number of alkyl halides is 3. The van der Waals surface area contributed by atoms with Gasteiger partial charge in [-0.05, 0) is 0 Å². The topological polar surface area (TPSA) is 52.6 Å². The molecule has 0 spiro atoms. The van der Waals surface area contributed by atoms with Gasteiger partial charge in [-0.15, -0.1) is 0 Å². The molecule has 7 heteroatoms. The van der Waals surface area contributed by atoms with Gasteiger partial charge in [0.2, 0.25) is 0 Å². The fourth-order valence-electron chi connectivity index (χ4n) is 1.59. The van der Waals surface area contributed by atoms with Crippen LogP contribution in [0.4, 0.5) is 13.2 Å². The van der Waals surface area contributed by atoms with Gasteiger partial charge in [0.1, 0.15) is 6.42 Å². The van der Waals surface area contributed by atoms with Crippen molar-refractivity contribution in [1.82, 2.24) is 0 Å². The van der Waals surface area contributed by atoms with E-state index in [1.165, 1.54) is 18.2 Å². The van der Waals surface area contributed by atoms with Gasteiger partial charge in [-0.25, -0.2) is 0 Å². The Morgan fingerprint density at radius 2 is 1.50 bits per heavy atom. The molecule has 4 nitrogen and oxygen atoms in total. The number of benzene rings is 1. The van der Waals surface area contributed by atoms with Crippen molar-refractivity contribution in [2.24, 2.45) is 0 Å². The molecule has 0 saturated carbocycles. The molecule has 1 fully saturated rings. The molecule has 1 aromatic rings. The fourth-order valence-corrected chi connectivity index (χ4v) is 1.59. The number of esters is 2. The van der Waals surface area contributed by atoms with E-state index in [0.717, 1.165) is 12.1 Å². The number of carbonyl (C=O) groups is 2. The molecule has 1 saturated heterocycles. The quantitative estimate of drug-likeness (QED) is 0.571. The van der Waals surface area contributed by atoms with Crippen LogP contribution >= 0.6 is 0 Å². The minimum atomic E-state index is -5.06. The van der Waals surface area contributed by atoms with Crippen LogP contribution in [-0.2, 0) is 24.8 Å². The average molecular weight is 260 g/mol. The smallest absolute Gasteiger partial charge is 0.409 e. The maximum atomic E-state index is 13.1. The predicted molar refractivity (Wildman–Crippen MR) is 51.0 cm³/mol. The first-order valence-electron chi connectivity index (χ1n) is 4.91. The highest BCUT2D eigenvalue weighted by Gasteiger charge is 2.65. The van der Waals surface area contributed by atoms with Crippen molar-refractivity contribution < 1.29 is 32.2 Å². The molecule has 0 bridgehead atoms. The third-order valence-corrected chi connectivity index (χ3v) is 2.33. The van der Waals surface area contributed by atoms with Gasteiger partial charge in [0.05, 0.1) is 0 Å². The summed E-state index contributed by atoms with van der Waals surface area (Å²) in [6, 6.07) is 6.26. The van der Waals surface area contributed by atoms with Gasteiger partial charge < -0.3 is 9.47 Å². The molecule has 2 rings (SSSR count). The summed E-state index contributed by atoms with van der Waals surface area (Å²) in [5.74, 6) is -5.89. The van der Waals surface area contributed by atoms with Gasteiger partial charge in [0.25, 0.3) is 0 Å². The Morgan fingerprint density at radius 1 is 1.00 bits per heavy atom. The number of rotatable bonds is 1. The average Bonchev–Trinajstić information content (AvgIpc) is 2.27. The lowest BCUT2D eigenvalue weighted by Crippen LogP contribution is -2.53. The van der Waals surface area contributed by atoms with E-state index in [-0.39, 0.29) is 0 Å². The first-order chi connectivity index (χ1) is 8.35. The minimum Gasteiger partial charge on any atom is -0.409 e. The fraction of sp³-hybridized carbons (Fsp3) is 0.273. The molecule has 18 heavy (non-hydrogen) atoms. The Labute approximate surface area is 99.3 Å². The van der Waals surface area contributed by atoms with Crippen LogP contribution in [0.15, 0.2) is 30.3 Å². The zero-order chi connectivity index (χ0) is 13.4. The van der Waals surface area contributed by atoms with E-state index in [1.54, 1.807) is 0 Å². The molecule has 0 atom stereocenters. The summed E-state index contributed by atoms with van der Waals surface area (Å²) < 4.78 is 47.8. The summed E-state index contributed by atoms with van der Waals surface area (Å²) in [6.45, 7) is 0. The second-order valence-electron chi connectivity index (χ2n) is 3.61. The lowest BCUT2D eigenvalue weighted by atomic mass is 10.0. The number of ether oxygens (including phenoxy) is 2. The van der Waals surface area contributed by atoms with Crippen LogP contribution < -0.4 is 0 Å². The van der Waals surface area contributed by atoms with Gasteiger partial charge in [0, 0.05) is 5.56 Å². The van der Waals surface area contributed by atoms with Gasteiger partial charge in [-0.2, -0.15) is 13.2 Å². The molecule has 1 aromatic carbocycles. The van der Waals surface area contributed by atoms with Crippen LogP contribution in [0.2, 0.25) is 0 Å². The van der Waals surface area contributed by atoms with Crippen LogP contribution in [0.3, 0.4) is 0 Å². The highest BCUT2D eigenvalue weighted by Crippen LogP contribution is 2.45. The highest BCUT2D eigenvalue weighted by atomic mass is 19.4. The van der Waals surface area contributed by atoms with Gasteiger partial charge in [-0.3, -0.25) is 9.59 Å². The molecular weight excluding hydrogens is 253 g/mol. The van der Waals surface area contributed by atoms with Crippen molar-refractivity contribution in [3.63, 3.8) is 0 Å². The highest BCUT2D eigenvalue weighted by molar-refractivity contribution is 5.93. The van der Waals surface area contributed by atoms with Crippen LogP contribution in [-0.4, -0.2) is 18.1 Å². The summed E-state index contributed by atoms with van der Waals surface area (Å²) in [5, 5.41) is 0. The molecular formula is C11H7F3O4. The van der Waals surface area contributed by atoms with E-state index in [2.05, 4.69) is 9.47 Å². The van der Waals surface area contributed by atoms with Gasteiger partial charge in [0.15, 0.2) is 0 Å². The van der Waals surface area contributed by atoms with E-state index < -0.39 is 35.9 Å². The monoisotopic (exact) mass is 260 g/mol. The van der Waals surface area contributed by atoms with Crippen LogP contribution in [0, 0.1) is 0 Å². The Hall–Kier alpha value is -2.05. The maximum absolute atomic E-state index is 13.1. The first-order valence-corrected chi connectivity index (χ1v) is 4.91. The lowest BCUT2D eigenvalue weighted by molar-refractivity contribution is -0.370. The standard InChI is InChI=1S/C11H7F3O4/c12-11(13,14)10(7-4-2-1-3-5-7)17-8(15)6-9(16)18-10/h1-5H,6H2. The largest absolute Gasteiger partial charge is 0.473 e. The number of halogens is 3. The first kappa shape index (κ1) is 12.4. The van der Waals surface area contributed by atoms with Crippen LogP contribution in [0.5, 0.6) is 0 Å². The van der Waals surface area contributed by atoms with Crippen molar-refractivity contribution in [2.75, 3.05) is 0 Å². The van der Waals surface area contributed by atoms with E-state index >= 15 is 0 Å². The Kier molecular flexibility index (Phi) is 2.76. The second-order valence-corrected chi connectivity index (χ2v) is 3.61. The van der Waals surface area contributed by atoms with Crippen molar-refractivity contribution in [3.8, 4) is 0 Å². The molecule has 1 aliphatic rings. The molecule has 1 aliphatic heterocycles. The summed E-state index contributed by atoms with van der Waals surface area (Å²) in [6.07, 6.45) is -5.88. The minimum absolute atomic E-state index is 0.459. The van der Waals surface area contributed by atoms with E-state index in [1.807, 2.05) is 0 Å². The van der Waals surface area contributed by atoms with E-state index in [9.17, 15) is 22.8 Å². The predicted octanol–water partition coefficient (Wildman–Crippen LogP) is 1.89. The van der Waals surface area contributed by atoms with Gasteiger partial charge >= 0.3 is 23.9 Å². The number of hydrogen-bond acceptors (Lipinski definition) is 4. The molecule has 0 aromatic heterocycles. The molecule has 0 amide bonds. The Bertz CT molecular complexity index is 465. The van der Waals surface area contributed by atoms with Crippen molar-refractivity contribution in [3.05, 3.63) is 35.9 Å². The molecule has 96 valence electrons. The maximum Gasteiger partial charge on any atom is 0.473 e. The molecule has 0 radical (unpaired) electrons. The normalized spacial score (nSPS) is 19.1. The number of carbonyl (C=O) groups excluding carboxylic acids is 2. The van der Waals surface area contributed by atoms with E-state index in [0.29, 0.717) is 0 Å². The number of hydrogen-bond donors (Lipinski definition) is 0. The lowest BCUT2D eigenvalue weighted by Gasteiger charge is -2.36. The molecule has 0 aliphatic carbocycles. The summed E-state index contributed by atoms with van der Waals surface area (Å²) in [5.41, 5.74) is -0.459. The van der Waals surface area contributed by atoms with Crippen LogP contribution in [0.25, 0.3) is 0 Å². The molecule has 1 heterocycles.